The van der Waals surface area contributed by atoms with Crippen molar-refractivity contribution in [2.75, 3.05) is 8.61 Å². The molecule has 0 atom stereocenters. The van der Waals surface area contributed by atoms with Gasteiger partial charge >= 0.3 is 0 Å². The number of carbonyl (C=O) groups is 2. The molecule has 0 aliphatic heterocycles. The van der Waals surface area contributed by atoms with Gasteiger partial charge in [0.25, 0.3) is 0 Å². The van der Waals surface area contributed by atoms with Crippen LogP contribution in [0.3, 0.4) is 0 Å². The van der Waals surface area contributed by atoms with Crippen LogP contribution in [0.5, 0.6) is 0 Å². The molecule has 0 bridgehead atoms. The lowest BCUT2D eigenvalue weighted by Crippen LogP contribution is -2.20. The van der Waals surface area contributed by atoms with Gasteiger partial charge in [-0.2, -0.15) is 0 Å². The summed E-state index contributed by atoms with van der Waals surface area (Å²) >= 11 is 0. The van der Waals surface area contributed by atoms with Gasteiger partial charge in [-0.05, 0) is 74.2 Å². The van der Waals surface area contributed by atoms with Gasteiger partial charge in [0.15, 0.2) is 0 Å². The zero-order chi connectivity index (χ0) is 17.9. The summed E-state index contributed by atoms with van der Waals surface area (Å²) in [4.78, 5) is 21.8. The number of hydrogen-bond donors (Lipinski definition) is 0. The van der Waals surface area contributed by atoms with Crippen molar-refractivity contribution in [1.29, 1.82) is 0 Å². The average Bonchev–Trinajstić information content (AvgIpc) is 3.59. The van der Waals surface area contributed by atoms with Gasteiger partial charge in [-0.25, -0.2) is 0 Å². The summed E-state index contributed by atoms with van der Waals surface area (Å²) in [6.07, 6.45) is 6.59. The second-order valence-electron chi connectivity index (χ2n) is 6.68. The van der Waals surface area contributed by atoms with E-state index in [1.165, 1.54) is 25.7 Å². The topological polar surface area (TPSA) is 40.6 Å². The quantitative estimate of drug-likeness (QED) is 0.338. The lowest BCUT2D eigenvalue weighted by Gasteiger charge is -2.28. The number of benzene rings is 2. The van der Waals surface area contributed by atoms with Crippen LogP contribution in [0.25, 0.3) is 0 Å². The molecular weight excluding hydrogens is 364 g/mol. The maximum Gasteiger partial charge on any atom is 0.150 e. The molecule has 2 aliphatic carbocycles. The molecule has 0 N–H and O–H groups in total. The van der Waals surface area contributed by atoms with E-state index in [2.05, 4.69) is 8.61 Å². The number of rotatable bonds is 9. The van der Waals surface area contributed by atoms with Crippen LogP contribution in [0.1, 0.15) is 46.4 Å². The van der Waals surface area contributed by atoms with Gasteiger partial charge in [0.2, 0.25) is 0 Å². The molecule has 0 radical (unpaired) electrons. The van der Waals surface area contributed by atoms with Crippen LogP contribution in [-0.2, 0) is 0 Å². The Morgan fingerprint density at radius 2 is 1.00 bits per heavy atom. The van der Waals surface area contributed by atoms with Crippen molar-refractivity contribution in [1.82, 2.24) is 0 Å². The van der Waals surface area contributed by atoms with Crippen molar-refractivity contribution < 1.29 is 9.59 Å². The molecule has 6 heteroatoms. The van der Waals surface area contributed by atoms with Crippen molar-refractivity contribution in [3.8, 4) is 0 Å². The molecule has 0 aromatic heterocycles. The summed E-state index contributed by atoms with van der Waals surface area (Å²) in [6, 6.07) is 16.7. The summed E-state index contributed by atoms with van der Waals surface area (Å²) in [7, 11) is 3.52. The third-order valence-corrected chi connectivity index (χ3v) is 7.09. The Kier molecular flexibility index (Phi) is 5.22. The number of nitrogens with zero attached hydrogens (tertiary/aromatic N) is 2. The second-order valence-corrected chi connectivity index (χ2v) is 8.66. The van der Waals surface area contributed by atoms with Crippen LogP contribution < -0.4 is 8.61 Å². The molecule has 0 amide bonds. The van der Waals surface area contributed by atoms with Crippen molar-refractivity contribution in [2.45, 2.75) is 37.8 Å². The van der Waals surface area contributed by atoms with Crippen molar-refractivity contribution >= 4 is 45.9 Å². The van der Waals surface area contributed by atoms with Crippen LogP contribution in [-0.4, -0.2) is 24.7 Å². The van der Waals surface area contributed by atoms with E-state index in [9.17, 15) is 9.59 Å². The highest BCUT2D eigenvalue weighted by molar-refractivity contribution is 8.77. The first-order valence-corrected chi connectivity index (χ1v) is 10.9. The fourth-order valence-electron chi connectivity index (χ4n) is 2.72. The summed E-state index contributed by atoms with van der Waals surface area (Å²) in [5, 5.41) is 0. The van der Waals surface area contributed by atoms with E-state index in [-0.39, 0.29) is 0 Å². The molecule has 2 aliphatic rings. The third-order valence-electron chi connectivity index (χ3n) is 4.52. The first-order valence-electron chi connectivity index (χ1n) is 8.82. The summed E-state index contributed by atoms with van der Waals surface area (Å²) in [6.45, 7) is 0. The molecule has 2 aromatic rings. The van der Waals surface area contributed by atoms with Crippen LogP contribution in [0, 0.1) is 0 Å². The Labute approximate surface area is 161 Å². The van der Waals surface area contributed by atoms with Gasteiger partial charge in [0.05, 0.1) is 0 Å². The first kappa shape index (κ1) is 17.5. The van der Waals surface area contributed by atoms with Gasteiger partial charge in [-0.3, -0.25) is 9.59 Å². The lowest BCUT2D eigenvalue weighted by atomic mass is 10.2. The van der Waals surface area contributed by atoms with E-state index in [4.69, 9.17) is 0 Å². The molecule has 2 aromatic carbocycles. The summed E-state index contributed by atoms with van der Waals surface area (Å²) < 4.78 is 4.71. The minimum absolute atomic E-state index is 0.563. The van der Waals surface area contributed by atoms with Gasteiger partial charge in [0.1, 0.15) is 12.6 Å². The van der Waals surface area contributed by atoms with E-state index in [1.54, 1.807) is 22.0 Å². The number of carbonyl (C=O) groups excluding carboxylic acids is 2. The van der Waals surface area contributed by atoms with Crippen molar-refractivity contribution in [3.05, 3.63) is 59.7 Å². The molecule has 4 rings (SSSR count). The van der Waals surface area contributed by atoms with E-state index in [0.29, 0.717) is 23.2 Å². The Morgan fingerprint density at radius 3 is 1.27 bits per heavy atom. The highest BCUT2D eigenvalue weighted by atomic mass is 33.1. The third kappa shape index (κ3) is 4.07. The molecule has 0 spiro atoms. The number of aldehydes is 2. The smallest absolute Gasteiger partial charge is 0.150 e. The number of anilines is 2. The van der Waals surface area contributed by atoms with Crippen LogP contribution in [0.15, 0.2) is 48.5 Å². The fraction of sp³-hybridized carbons (Fsp3) is 0.300. The highest BCUT2D eigenvalue weighted by Crippen LogP contribution is 2.47. The van der Waals surface area contributed by atoms with Gasteiger partial charge in [-0.15, -0.1) is 0 Å². The summed E-state index contributed by atoms with van der Waals surface area (Å²) in [5.74, 6) is 0. The van der Waals surface area contributed by atoms with E-state index < -0.39 is 0 Å². The second kappa shape index (κ2) is 7.76. The maximum atomic E-state index is 10.9. The van der Waals surface area contributed by atoms with E-state index in [1.807, 2.05) is 48.5 Å². The first-order chi connectivity index (χ1) is 12.8. The largest absolute Gasteiger partial charge is 0.303 e. The predicted octanol–water partition coefficient (Wildman–Crippen LogP) is 5.16. The minimum Gasteiger partial charge on any atom is -0.303 e. The predicted molar refractivity (Wildman–Crippen MR) is 110 cm³/mol. The fourth-order valence-corrected chi connectivity index (χ4v) is 5.62. The van der Waals surface area contributed by atoms with Gasteiger partial charge in [-0.1, -0.05) is 0 Å². The van der Waals surface area contributed by atoms with E-state index in [0.717, 1.165) is 23.9 Å². The van der Waals surface area contributed by atoms with Crippen molar-refractivity contribution in [3.63, 3.8) is 0 Å². The molecule has 2 fully saturated rings. The van der Waals surface area contributed by atoms with Crippen LogP contribution in [0.2, 0.25) is 0 Å². The highest BCUT2D eigenvalue weighted by Gasteiger charge is 2.34. The lowest BCUT2D eigenvalue weighted by molar-refractivity contribution is 0.111. The Balaban J connectivity index is 1.47. The zero-order valence-corrected chi connectivity index (χ0v) is 15.9. The van der Waals surface area contributed by atoms with Gasteiger partial charge < -0.3 is 8.61 Å². The molecule has 26 heavy (non-hydrogen) atoms. The zero-order valence-electron chi connectivity index (χ0n) is 14.3. The van der Waals surface area contributed by atoms with Gasteiger partial charge in [0, 0.05) is 56.5 Å². The maximum absolute atomic E-state index is 10.9. The standard InChI is InChI=1S/C20H20N2O2S2/c23-13-15-1-5-17(6-2-15)21(19-9-10-19)25-26-22(20-11-12-20)18-7-3-16(14-24)4-8-18/h1-8,13-14,19-20H,9-12H2. The molecular formula is C20H20N2O2S2. The van der Waals surface area contributed by atoms with Crippen molar-refractivity contribution in [2.24, 2.45) is 0 Å². The Bertz CT molecular complexity index is 704. The molecule has 0 saturated heterocycles. The minimum atomic E-state index is 0.563. The molecule has 4 nitrogen and oxygen atoms in total. The van der Waals surface area contributed by atoms with Crippen LogP contribution >= 0.6 is 22.0 Å². The molecule has 0 unspecified atom stereocenters. The SMILES string of the molecule is O=Cc1ccc(N(SSN(c2ccc(C=O)cc2)C2CC2)C2CC2)cc1. The summed E-state index contributed by atoms with van der Waals surface area (Å²) in [5.41, 5.74) is 3.69. The normalized spacial score (nSPS) is 16.2. The number of hydrogen-bond acceptors (Lipinski definition) is 6. The molecule has 134 valence electrons. The van der Waals surface area contributed by atoms with Crippen LogP contribution in [0.4, 0.5) is 11.4 Å². The Hall–Kier alpha value is -1.92. The molecule has 0 heterocycles. The Morgan fingerprint density at radius 1 is 0.654 bits per heavy atom. The monoisotopic (exact) mass is 384 g/mol. The average molecular weight is 385 g/mol. The van der Waals surface area contributed by atoms with E-state index >= 15 is 0 Å². The molecule has 2 saturated carbocycles.